The van der Waals surface area contributed by atoms with Crippen LogP contribution in [0.2, 0.25) is 0 Å². The molecule has 1 aromatic heterocycles. The molecule has 0 fully saturated rings. The summed E-state index contributed by atoms with van der Waals surface area (Å²) in [6, 6.07) is 3.54. The minimum absolute atomic E-state index is 0. The van der Waals surface area contributed by atoms with Crippen molar-refractivity contribution in [2.45, 2.75) is 33.7 Å². The van der Waals surface area contributed by atoms with Gasteiger partial charge in [-0.15, -0.1) is 12.4 Å². The summed E-state index contributed by atoms with van der Waals surface area (Å²) in [6.07, 6.45) is -0.0462. The summed E-state index contributed by atoms with van der Waals surface area (Å²) in [6.45, 7) is 2.23. The van der Waals surface area contributed by atoms with Gasteiger partial charge in [-0.3, -0.25) is 4.79 Å². The molecular formula is C15H18BrClF2N4O. The van der Waals surface area contributed by atoms with Crippen molar-refractivity contribution >= 4 is 45.6 Å². The third-order valence-corrected chi connectivity index (χ3v) is 4.08. The molecule has 0 aliphatic heterocycles. The second kappa shape index (κ2) is 7.94. The summed E-state index contributed by atoms with van der Waals surface area (Å²) >= 11 is 3.34. The fourth-order valence-electron chi connectivity index (χ4n) is 2.36. The summed E-state index contributed by atoms with van der Waals surface area (Å²) in [4.78, 5) is 12.2. The van der Waals surface area contributed by atoms with Gasteiger partial charge in [0.25, 0.3) is 0 Å². The average Bonchev–Trinajstić information content (AvgIpc) is 2.72. The highest BCUT2D eigenvalue weighted by molar-refractivity contribution is 9.10. The lowest BCUT2D eigenvalue weighted by atomic mass is 10.1. The van der Waals surface area contributed by atoms with Gasteiger partial charge in [0.1, 0.15) is 0 Å². The first-order chi connectivity index (χ1) is 10.7. The number of carbonyl (C=O) groups is 1. The number of aromatic nitrogens is 2. The molecule has 3 N–H and O–H groups in total. The Hall–Kier alpha value is -1.67. The van der Waals surface area contributed by atoms with Crippen LogP contribution in [0.1, 0.15) is 29.1 Å². The molecule has 1 aromatic carbocycles. The molecular weight excluding hydrogens is 406 g/mol. The minimum atomic E-state index is -2.73. The molecule has 5 nitrogen and oxygen atoms in total. The number of anilines is 2. The van der Waals surface area contributed by atoms with Gasteiger partial charge >= 0.3 is 6.55 Å². The Morgan fingerprint density at radius 1 is 1.38 bits per heavy atom. The number of hydrogen-bond acceptors (Lipinski definition) is 3. The van der Waals surface area contributed by atoms with Gasteiger partial charge in [-0.2, -0.15) is 13.9 Å². The molecule has 0 atom stereocenters. The van der Waals surface area contributed by atoms with Crippen LogP contribution in [0.5, 0.6) is 0 Å². The molecule has 2 aromatic rings. The molecule has 0 saturated carbocycles. The number of nitrogens with one attached hydrogen (secondary N) is 1. The smallest absolute Gasteiger partial charge is 0.333 e. The number of benzene rings is 1. The van der Waals surface area contributed by atoms with Crippen LogP contribution in [0.4, 0.5) is 20.2 Å². The highest BCUT2D eigenvalue weighted by Crippen LogP contribution is 2.28. The van der Waals surface area contributed by atoms with Gasteiger partial charge in [0, 0.05) is 15.7 Å². The van der Waals surface area contributed by atoms with Crippen molar-refractivity contribution in [2.75, 3.05) is 11.1 Å². The van der Waals surface area contributed by atoms with Crippen LogP contribution in [0.3, 0.4) is 0 Å². The standard InChI is InChI=1S/C15H17BrF2N4O.ClH/c1-7-4-10(16)5-12(14(7)19)20-13(23)6-11-8(2)21-22(9(11)3)15(17)18;/h4-5,15H,6,19H2,1-3H3,(H,20,23);1H. The van der Waals surface area contributed by atoms with E-state index in [1.54, 1.807) is 13.0 Å². The van der Waals surface area contributed by atoms with Crippen LogP contribution in [0, 0.1) is 20.8 Å². The molecule has 2 rings (SSSR count). The van der Waals surface area contributed by atoms with Gasteiger partial charge in [-0.05, 0) is 38.5 Å². The Bertz CT molecular complexity index is 764. The monoisotopic (exact) mass is 422 g/mol. The Kier molecular flexibility index (Phi) is 6.74. The van der Waals surface area contributed by atoms with Crippen molar-refractivity contribution in [3.05, 3.63) is 39.1 Å². The van der Waals surface area contributed by atoms with Crippen LogP contribution in [-0.2, 0) is 11.2 Å². The van der Waals surface area contributed by atoms with E-state index in [1.165, 1.54) is 6.92 Å². The topological polar surface area (TPSA) is 72.9 Å². The van der Waals surface area contributed by atoms with Gasteiger partial charge in [-0.25, -0.2) is 4.68 Å². The number of alkyl halides is 2. The maximum atomic E-state index is 12.8. The van der Waals surface area contributed by atoms with E-state index in [9.17, 15) is 13.6 Å². The zero-order valence-corrected chi connectivity index (χ0v) is 15.8. The minimum Gasteiger partial charge on any atom is -0.397 e. The van der Waals surface area contributed by atoms with Crippen molar-refractivity contribution in [2.24, 2.45) is 0 Å². The van der Waals surface area contributed by atoms with Crippen molar-refractivity contribution in [1.29, 1.82) is 0 Å². The van der Waals surface area contributed by atoms with Gasteiger partial charge < -0.3 is 11.1 Å². The van der Waals surface area contributed by atoms with E-state index in [0.717, 1.165) is 10.0 Å². The van der Waals surface area contributed by atoms with E-state index in [-0.39, 0.29) is 30.4 Å². The quantitative estimate of drug-likeness (QED) is 0.726. The van der Waals surface area contributed by atoms with Gasteiger partial charge in [-0.1, -0.05) is 15.9 Å². The number of nitrogen functional groups attached to an aromatic ring is 1. The SMILES string of the molecule is Cc1cc(Br)cc(NC(=O)Cc2c(C)nn(C(F)F)c2C)c1N.Cl. The molecule has 1 amide bonds. The largest absolute Gasteiger partial charge is 0.397 e. The molecule has 0 aliphatic rings. The zero-order valence-electron chi connectivity index (χ0n) is 13.4. The normalized spacial score (nSPS) is 10.6. The zero-order chi connectivity index (χ0) is 17.3. The molecule has 0 bridgehead atoms. The van der Waals surface area contributed by atoms with Crippen LogP contribution in [0.25, 0.3) is 0 Å². The number of carbonyl (C=O) groups excluding carboxylic acids is 1. The summed E-state index contributed by atoms with van der Waals surface area (Å²) in [5, 5.41) is 6.48. The summed E-state index contributed by atoms with van der Waals surface area (Å²) < 4.78 is 27.1. The van der Waals surface area contributed by atoms with Crippen molar-refractivity contribution in [3.8, 4) is 0 Å². The van der Waals surface area contributed by atoms with Crippen LogP contribution in [-0.4, -0.2) is 15.7 Å². The predicted octanol–water partition coefficient (Wildman–Crippen LogP) is 4.15. The number of halogens is 4. The molecule has 132 valence electrons. The Labute approximate surface area is 153 Å². The van der Waals surface area contributed by atoms with Gasteiger partial charge in [0.2, 0.25) is 5.91 Å². The molecule has 0 aliphatic carbocycles. The van der Waals surface area contributed by atoms with Gasteiger partial charge in [0.15, 0.2) is 0 Å². The fraction of sp³-hybridized carbons (Fsp3) is 0.333. The number of nitrogens with zero attached hydrogens (tertiary/aromatic N) is 2. The second-order valence-electron chi connectivity index (χ2n) is 5.28. The molecule has 0 unspecified atom stereocenters. The first kappa shape index (κ1) is 20.4. The van der Waals surface area contributed by atoms with E-state index >= 15 is 0 Å². The van der Waals surface area contributed by atoms with E-state index in [1.807, 2.05) is 13.0 Å². The first-order valence-electron chi connectivity index (χ1n) is 6.89. The maximum absolute atomic E-state index is 12.8. The average molecular weight is 424 g/mol. The number of nitrogens with two attached hydrogens (primary N) is 1. The molecule has 0 radical (unpaired) electrons. The third-order valence-electron chi connectivity index (χ3n) is 3.62. The Morgan fingerprint density at radius 3 is 2.54 bits per heavy atom. The fourth-order valence-corrected chi connectivity index (χ4v) is 2.93. The van der Waals surface area contributed by atoms with Crippen molar-refractivity contribution in [3.63, 3.8) is 0 Å². The third kappa shape index (κ3) is 4.24. The highest BCUT2D eigenvalue weighted by Gasteiger charge is 2.19. The molecule has 24 heavy (non-hydrogen) atoms. The van der Waals surface area contributed by atoms with E-state index in [4.69, 9.17) is 5.73 Å². The predicted molar refractivity (Wildman–Crippen MR) is 95.8 cm³/mol. The lowest BCUT2D eigenvalue weighted by molar-refractivity contribution is -0.115. The lowest BCUT2D eigenvalue weighted by Gasteiger charge is -2.11. The maximum Gasteiger partial charge on any atom is 0.333 e. The van der Waals surface area contributed by atoms with Gasteiger partial charge in [0.05, 0.1) is 23.5 Å². The van der Waals surface area contributed by atoms with Crippen molar-refractivity contribution in [1.82, 2.24) is 9.78 Å². The Balaban J connectivity index is 0.00000288. The van der Waals surface area contributed by atoms with Crippen LogP contribution >= 0.6 is 28.3 Å². The second-order valence-corrected chi connectivity index (χ2v) is 6.20. The number of amides is 1. The number of hydrogen-bond donors (Lipinski definition) is 2. The summed E-state index contributed by atoms with van der Waals surface area (Å²) in [5.74, 6) is -0.339. The molecule has 0 spiro atoms. The molecule has 1 heterocycles. The molecule has 0 saturated heterocycles. The Morgan fingerprint density at radius 2 is 2.00 bits per heavy atom. The van der Waals surface area contributed by atoms with E-state index < -0.39 is 6.55 Å². The highest BCUT2D eigenvalue weighted by atomic mass is 79.9. The van der Waals surface area contributed by atoms with Crippen LogP contribution in [0.15, 0.2) is 16.6 Å². The lowest BCUT2D eigenvalue weighted by Crippen LogP contribution is -2.17. The van der Waals surface area contributed by atoms with Crippen molar-refractivity contribution < 1.29 is 13.6 Å². The van der Waals surface area contributed by atoms with E-state index in [0.29, 0.717) is 27.3 Å². The number of aryl methyl sites for hydroxylation is 2. The van der Waals surface area contributed by atoms with Crippen LogP contribution < -0.4 is 11.1 Å². The number of rotatable bonds is 4. The molecule has 9 heteroatoms. The van der Waals surface area contributed by atoms with E-state index in [2.05, 4.69) is 26.3 Å². The first-order valence-corrected chi connectivity index (χ1v) is 7.68. The summed E-state index contributed by atoms with van der Waals surface area (Å²) in [5.41, 5.74) is 8.92. The summed E-state index contributed by atoms with van der Waals surface area (Å²) in [7, 11) is 0.